The number of rotatable bonds is 4. The van der Waals surface area contributed by atoms with E-state index in [0.717, 1.165) is 18.7 Å². The Balaban J connectivity index is 1.43. The van der Waals surface area contributed by atoms with Gasteiger partial charge in [-0.1, -0.05) is 35.5 Å². The Kier molecular flexibility index (Phi) is 4.31. The van der Waals surface area contributed by atoms with E-state index in [9.17, 15) is 0 Å². The molecule has 2 aromatic heterocycles. The van der Waals surface area contributed by atoms with Crippen LogP contribution in [-0.4, -0.2) is 39.7 Å². The van der Waals surface area contributed by atoms with Gasteiger partial charge < -0.3 is 9.26 Å². The minimum Gasteiger partial charge on any atom is -0.371 e. The number of benzene rings is 1. The number of ether oxygens (including phenoxy) is 1. The number of pyridine rings is 1. The summed E-state index contributed by atoms with van der Waals surface area (Å²) in [5, 5.41) is 4.05. The zero-order valence-electron chi connectivity index (χ0n) is 13.2. The highest BCUT2D eigenvalue weighted by atomic mass is 16.5. The minimum atomic E-state index is 0.0839. The maximum absolute atomic E-state index is 5.89. The van der Waals surface area contributed by atoms with Crippen LogP contribution in [0.3, 0.4) is 0 Å². The van der Waals surface area contributed by atoms with Crippen molar-refractivity contribution in [1.29, 1.82) is 0 Å². The Labute approximate surface area is 140 Å². The van der Waals surface area contributed by atoms with Crippen molar-refractivity contribution < 1.29 is 9.26 Å². The molecule has 0 bridgehead atoms. The maximum atomic E-state index is 5.89. The van der Waals surface area contributed by atoms with Crippen LogP contribution in [0.25, 0.3) is 11.4 Å². The summed E-state index contributed by atoms with van der Waals surface area (Å²) in [6.45, 7) is 2.99. The number of morpholine rings is 1. The topological polar surface area (TPSA) is 64.3 Å². The van der Waals surface area contributed by atoms with E-state index in [0.29, 0.717) is 24.9 Å². The van der Waals surface area contributed by atoms with Crippen molar-refractivity contribution in [3.05, 3.63) is 66.3 Å². The molecule has 0 saturated carbocycles. The molecular weight excluding hydrogens is 304 g/mol. The Morgan fingerprint density at radius 3 is 2.88 bits per heavy atom. The zero-order chi connectivity index (χ0) is 16.2. The van der Waals surface area contributed by atoms with Gasteiger partial charge in [0.1, 0.15) is 0 Å². The van der Waals surface area contributed by atoms with Gasteiger partial charge in [-0.15, -0.1) is 0 Å². The van der Waals surface area contributed by atoms with E-state index < -0.39 is 0 Å². The van der Waals surface area contributed by atoms with Gasteiger partial charge in [0.2, 0.25) is 11.7 Å². The second-order valence-electron chi connectivity index (χ2n) is 5.76. The van der Waals surface area contributed by atoms with E-state index in [1.54, 1.807) is 12.4 Å². The summed E-state index contributed by atoms with van der Waals surface area (Å²) in [5.41, 5.74) is 2.06. The molecule has 1 atom stereocenters. The molecule has 122 valence electrons. The molecule has 6 heteroatoms. The Bertz CT molecular complexity index is 776. The summed E-state index contributed by atoms with van der Waals surface area (Å²) in [6, 6.07) is 14.1. The number of nitrogens with zero attached hydrogens (tertiary/aromatic N) is 4. The largest absolute Gasteiger partial charge is 0.371 e. The molecule has 1 saturated heterocycles. The summed E-state index contributed by atoms with van der Waals surface area (Å²) in [6.07, 6.45) is 3.54. The highest BCUT2D eigenvalue weighted by Gasteiger charge is 2.23. The van der Waals surface area contributed by atoms with E-state index >= 15 is 0 Å². The second kappa shape index (κ2) is 6.90. The van der Waals surface area contributed by atoms with Crippen molar-refractivity contribution in [3.8, 4) is 11.4 Å². The molecule has 1 aliphatic heterocycles. The summed E-state index contributed by atoms with van der Waals surface area (Å²) in [5.74, 6) is 1.19. The third-order valence-corrected chi connectivity index (χ3v) is 4.07. The molecule has 0 radical (unpaired) electrons. The van der Waals surface area contributed by atoms with Crippen molar-refractivity contribution in [1.82, 2.24) is 20.0 Å². The lowest BCUT2D eigenvalue weighted by atomic mass is 10.1. The van der Waals surface area contributed by atoms with Crippen molar-refractivity contribution >= 4 is 0 Å². The normalized spacial score (nSPS) is 18.6. The number of aromatic nitrogens is 3. The molecular formula is C18H18N4O2. The van der Waals surface area contributed by atoms with Crippen LogP contribution in [0.15, 0.2) is 59.4 Å². The summed E-state index contributed by atoms with van der Waals surface area (Å²) < 4.78 is 11.3. The highest BCUT2D eigenvalue weighted by Crippen LogP contribution is 2.23. The second-order valence-corrected chi connectivity index (χ2v) is 5.76. The van der Waals surface area contributed by atoms with Crippen LogP contribution in [0.2, 0.25) is 0 Å². The Hall–Kier alpha value is -2.57. The molecule has 1 fully saturated rings. The van der Waals surface area contributed by atoms with E-state index in [4.69, 9.17) is 9.26 Å². The van der Waals surface area contributed by atoms with Gasteiger partial charge in [-0.2, -0.15) is 4.98 Å². The third kappa shape index (κ3) is 3.34. The van der Waals surface area contributed by atoms with E-state index in [1.807, 2.05) is 30.3 Å². The fraction of sp³-hybridized carbons (Fsp3) is 0.278. The summed E-state index contributed by atoms with van der Waals surface area (Å²) in [7, 11) is 0. The first kappa shape index (κ1) is 15.0. The van der Waals surface area contributed by atoms with Gasteiger partial charge in [-0.3, -0.25) is 9.88 Å². The van der Waals surface area contributed by atoms with Crippen molar-refractivity contribution in [3.63, 3.8) is 0 Å². The summed E-state index contributed by atoms with van der Waals surface area (Å²) >= 11 is 0. The molecule has 1 aromatic carbocycles. The monoisotopic (exact) mass is 322 g/mol. The molecule has 0 spiro atoms. The predicted molar refractivity (Wildman–Crippen MR) is 87.9 cm³/mol. The maximum Gasteiger partial charge on any atom is 0.241 e. The average molecular weight is 322 g/mol. The smallest absolute Gasteiger partial charge is 0.241 e. The standard InChI is InChI=1S/C18H18N4O2/c1-2-5-14(6-3-1)16-12-22(9-10-23-16)13-17-20-18(21-24-17)15-7-4-8-19-11-15/h1-8,11,16H,9-10,12-13H2/t16-/m1/s1. The first-order valence-electron chi connectivity index (χ1n) is 8.00. The molecule has 0 aliphatic carbocycles. The molecule has 1 aliphatic rings. The van der Waals surface area contributed by atoms with Crippen LogP contribution in [-0.2, 0) is 11.3 Å². The lowest BCUT2D eigenvalue weighted by Crippen LogP contribution is -2.37. The number of hydrogen-bond donors (Lipinski definition) is 0. The third-order valence-electron chi connectivity index (χ3n) is 4.07. The van der Waals surface area contributed by atoms with Gasteiger partial charge in [0.05, 0.1) is 19.3 Å². The van der Waals surface area contributed by atoms with Crippen LogP contribution < -0.4 is 0 Å². The lowest BCUT2D eigenvalue weighted by molar-refractivity contribution is -0.0355. The van der Waals surface area contributed by atoms with Gasteiger partial charge >= 0.3 is 0 Å². The molecule has 6 nitrogen and oxygen atoms in total. The summed E-state index contributed by atoms with van der Waals surface area (Å²) in [4.78, 5) is 10.8. The first-order chi connectivity index (χ1) is 11.9. The average Bonchev–Trinajstić information content (AvgIpc) is 3.12. The Morgan fingerprint density at radius 2 is 2.04 bits per heavy atom. The van der Waals surface area contributed by atoms with Crippen LogP contribution in [0.1, 0.15) is 17.6 Å². The van der Waals surface area contributed by atoms with E-state index in [-0.39, 0.29) is 6.10 Å². The fourth-order valence-electron chi connectivity index (χ4n) is 2.84. The van der Waals surface area contributed by atoms with Gasteiger partial charge in [0.25, 0.3) is 0 Å². The van der Waals surface area contributed by atoms with E-state index in [1.165, 1.54) is 5.56 Å². The fourth-order valence-corrected chi connectivity index (χ4v) is 2.84. The molecule has 4 rings (SSSR count). The van der Waals surface area contributed by atoms with Crippen molar-refractivity contribution in [2.75, 3.05) is 19.7 Å². The Morgan fingerprint density at radius 1 is 1.12 bits per heavy atom. The van der Waals surface area contributed by atoms with Crippen LogP contribution in [0.4, 0.5) is 0 Å². The molecule has 0 unspecified atom stereocenters. The van der Waals surface area contributed by atoms with Gasteiger partial charge in [-0.25, -0.2) is 0 Å². The molecule has 24 heavy (non-hydrogen) atoms. The first-order valence-corrected chi connectivity index (χ1v) is 8.00. The van der Waals surface area contributed by atoms with Crippen molar-refractivity contribution in [2.45, 2.75) is 12.6 Å². The molecule has 0 amide bonds. The quantitative estimate of drug-likeness (QED) is 0.736. The molecule has 3 heterocycles. The van der Waals surface area contributed by atoms with Gasteiger partial charge in [-0.05, 0) is 17.7 Å². The van der Waals surface area contributed by atoms with Gasteiger partial charge in [0, 0.05) is 31.0 Å². The highest BCUT2D eigenvalue weighted by molar-refractivity contribution is 5.51. The molecule has 3 aromatic rings. The SMILES string of the molecule is c1ccc([C@H]2CN(Cc3nc(-c4cccnc4)no3)CCO2)cc1. The van der Waals surface area contributed by atoms with Gasteiger partial charge in [0.15, 0.2) is 0 Å². The number of hydrogen-bond acceptors (Lipinski definition) is 6. The zero-order valence-corrected chi connectivity index (χ0v) is 13.2. The van der Waals surface area contributed by atoms with E-state index in [2.05, 4.69) is 32.2 Å². The lowest BCUT2D eigenvalue weighted by Gasteiger charge is -2.32. The van der Waals surface area contributed by atoms with Crippen molar-refractivity contribution in [2.24, 2.45) is 0 Å². The van der Waals surface area contributed by atoms with Crippen LogP contribution in [0, 0.1) is 0 Å². The van der Waals surface area contributed by atoms with Crippen LogP contribution in [0.5, 0.6) is 0 Å². The predicted octanol–water partition coefficient (Wildman–Crippen LogP) is 2.71. The van der Waals surface area contributed by atoms with Crippen LogP contribution >= 0.6 is 0 Å². The minimum absolute atomic E-state index is 0.0839. The molecule has 0 N–H and O–H groups in total.